The van der Waals surface area contributed by atoms with Gasteiger partial charge in [0.25, 0.3) is 11.4 Å². The van der Waals surface area contributed by atoms with Crippen molar-refractivity contribution in [3.05, 3.63) is 34.1 Å². The van der Waals surface area contributed by atoms with Crippen LogP contribution in [0.4, 0.5) is 13.2 Å². The second kappa shape index (κ2) is 4.47. The zero-order valence-electron chi connectivity index (χ0n) is 9.85. The summed E-state index contributed by atoms with van der Waals surface area (Å²) in [5.74, 6) is -0.836. The van der Waals surface area contributed by atoms with Crippen molar-refractivity contribution >= 4 is 20.9 Å². The molecule has 0 spiro atoms. The summed E-state index contributed by atoms with van der Waals surface area (Å²) in [7, 11) is -5.85. The molecule has 0 atom stereocenters. The highest BCUT2D eigenvalue weighted by Gasteiger charge is 2.49. The minimum absolute atomic E-state index is 0.0209. The molecular formula is C10H7F3N2O4S. The fraction of sp³-hybridized carbons (Fsp3) is 0.200. The Bertz CT molecular complexity index is 826. The highest BCUT2D eigenvalue weighted by atomic mass is 32.2. The molecule has 0 amide bonds. The zero-order valence-corrected chi connectivity index (χ0v) is 10.7. The molecule has 0 fully saturated rings. The van der Waals surface area contributed by atoms with E-state index in [1.807, 2.05) is 5.10 Å². The lowest BCUT2D eigenvalue weighted by molar-refractivity contribution is -0.0501. The number of aromatic amines is 1. The number of aryl methyl sites for hydroxylation is 1. The Balaban J connectivity index is 2.63. The monoisotopic (exact) mass is 308 g/mol. The van der Waals surface area contributed by atoms with E-state index in [1.54, 1.807) is 6.92 Å². The number of alkyl halides is 3. The molecule has 0 aliphatic heterocycles. The van der Waals surface area contributed by atoms with Crippen LogP contribution in [0.3, 0.4) is 0 Å². The average Bonchev–Trinajstić information content (AvgIpc) is 2.31. The number of rotatable bonds is 2. The lowest BCUT2D eigenvalue weighted by atomic mass is 10.1. The fourth-order valence-electron chi connectivity index (χ4n) is 1.47. The predicted octanol–water partition coefficient (Wildman–Crippen LogP) is 1.46. The van der Waals surface area contributed by atoms with Gasteiger partial charge in [0.1, 0.15) is 0 Å². The number of nitrogens with one attached hydrogen (secondary N) is 1. The summed E-state index contributed by atoms with van der Waals surface area (Å²) in [5.41, 5.74) is -5.58. The minimum atomic E-state index is -5.85. The van der Waals surface area contributed by atoms with Gasteiger partial charge in [-0.05, 0) is 19.1 Å². The lowest BCUT2D eigenvalue weighted by Crippen LogP contribution is -2.29. The smallest absolute Gasteiger partial charge is 0.353 e. The number of fused-ring (bicyclic) bond motifs is 1. The van der Waals surface area contributed by atoms with Crippen molar-refractivity contribution in [2.75, 3.05) is 0 Å². The van der Waals surface area contributed by atoms with Gasteiger partial charge in [0.2, 0.25) is 0 Å². The van der Waals surface area contributed by atoms with E-state index in [4.69, 9.17) is 0 Å². The van der Waals surface area contributed by atoms with Crippen LogP contribution >= 0.6 is 0 Å². The van der Waals surface area contributed by atoms with Crippen molar-refractivity contribution < 1.29 is 25.8 Å². The topological polar surface area (TPSA) is 89.1 Å². The van der Waals surface area contributed by atoms with Crippen LogP contribution in [0.2, 0.25) is 0 Å². The van der Waals surface area contributed by atoms with E-state index < -0.39 is 27.1 Å². The molecule has 0 radical (unpaired) electrons. The van der Waals surface area contributed by atoms with E-state index in [0.29, 0.717) is 5.56 Å². The van der Waals surface area contributed by atoms with Gasteiger partial charge in [-0.25, -0.2) is 5.10 Å². The quantitative estimate of drug-likeness (QED) is 0.670. The van der Waals surface area contributed by atoms with Crippen molar-refractivity contribution in [2.24, 2.45) is 0 Å². The summed E-state index contributed by atoms with van der Waals surface area (Å²) in [6.45, 7) is 1.66. The Hall–Kier alpha value is -2.10. The summed E-state index contributed by atoms with van der Waals surface area (Å²) in [6, 6.07) is 4.12. The van der Waals surface area contributed by atoms with Crippen LogP contribution in [0, 0.1) is 6.92 Å². The van der Waals surface area contributed by atoms with Crippen molar-refractivity contribution in [1.29, 1.82) is 0 Å². The van der Waals surface area contributed by atoms with E-state index in [0.717, 1.165) is 0 Å². The summed E-state index contributed by atoms with van der Waals surface area (Å²) >= 11 is 0. The van der Waals surface area contributed by atoms with Crippen LogP contribution in [0.15, 0.2) is 23.0 Å². The molecule has 0 unspecified atom stereocenters. The molecule has 1 N–H and O–H groups in total. The summed E-state index contributed by atoms with van der Waals surface area (Å²) in [6.07, 6.45) is 0. The largest absolute Gasteiger partial charge is 0.534 e. The van der Waals surface area contributed by atoms with Crippen LogP contribution < -0.4 is 9.74 Å². The number of H-pyrrole nitrogens is 1. The first-order valence-electron chi connectivity index (χ1n) is 5.11. The SMILES string of the molecule is Cc1ccc2c(OS(=O)(=O)C(F)(F)F)n[nH]c(=O)c2c1. The third-order valence-electron chi connectivity index (χ3n) is 2.38. The maximum absolute atomic E-state index is 12.2. The van der Waals surface area contributed by atoms with E-state index in [9.17, 15) is 26.4 Å². The lowest BCUT2D eigenvalue weighted by Gasteiger charge is -2.10. The zero-order chi connectivity index (χ0) is 15.1. The molecular weight excluding hydrogens is 301 g/mol. The highest BCUT2D eigenvalue weighted by Crippen LogP contribution is 2.28. The fourth-order valence-corrected chi connectivity index (χ4v) is 1.90. The first-order chi connectivity index (χ1) is 9.12. The summed E-state index contributed by atoms with van der Waals surface area (Å²) in [5, 5.41) is 4.92. The first kappa shape index (κ1) is 14.3. The van der Waals surface area contributed by atoms with Gasteiger partial charge in [0, 0.05) is 0 Å². The maximum Gasteiger partial charge on any atom is 0.534 e. The summed E-state index contributed by atoms with van der Waals surface area (Å²) in [4.78, 5) is 11.5. The van der Waals surface area contributed by atoms with Gasteiger partial charge in [-0.3, -0.25) is 4.79 Å². The van der Waals surface area contributed by atoms with Crippen molar-refractivity contribution in [2.45, 2.75) is 12.4 Å². The van der Waals surface area contributed by atoms with Gasteiger partial charge in [0.15, 0.2) is 0 Å². The molecule has 0 saturated carbocycles. The number of aromatic nitrogens is 2. The molecule has 1 aromatic heterocycles. The van der Waals surface area contributed by atoms with Crippen molar-refractivity contribution in [3.8, 4) is 5.88 Å². The Morgan fingerprint density at radius 2 is 1.90 bits per heavy atom. The third-order valence-corrected chi connectivity index (χ3v) is 3.33. The van der Waals surface area contributed by atoms with Crippen molar-refractivity contribution in [3.63, 3.8) is 0 Å². The van der Waals surface area contributed by atoms with Crippen LogP contribution in [-0.2, 0) is 10.1 Å². The molecule has 20 heavy (non-hydrogen) atoms. The number of nitrogens with zero attached hydrogens (tertiary/aromatic N) is 1. The number of benzene rings is 1. The highest BCUT2D eigenvalue weighted by molar-refractivity contribution is 7.88. The Kier molecular flexibility index (Phi) is 3.20. The normalized spacial score (nSPS) is 12.6. The average molecular weight is 308 g/mol. The standard InChI is InChI=1S/C10H7F3N2O4S/c1-5-2-3-6-7(4-5)8(16)14-15-9(6)19-20(17,18)10(11,12)13/h2-4H,1H3,(H,14,16). The van der Waals surface area contributed by atoms with Gasteiger partial charge >= 0.3 is 15.6 Å². The second-order valence-electron chi connectivity index (χ2n) is 3.89. The molecule has 1 heterocycles. The van der Waals surface area contributed by atoms with Crippen molar-refractivity contribution in [1.82, 2.24) is 10.2 Å². The van der Waals surface area contributed by atoms with E-state index in [-0.39, 0.29) is 10.8 Å². The number of hydrogen-bond acceptors (Lipinski definition) is 5. The molecule has 10 heteroatoms. The number of halogens is 3. The molecule has 108 valence electrons. The van der Waals surface area contributed by atoms with E-state index >= 15 is 0 Å². The molecule has 0 bridgehead atoms. The molecule has 2 aromatic rings. The Labute approximate surface area is 110 Å². The Morgan fingerprint density at radius 3 is 2.50 bits per heavy atom. The molecule has 6 nitrogen and oxygen atoms in total. The van der Waals surface area contributed by atoms with Gasteiger partial charge in [-0.15, -0.1) is 5.10 Å². The van der Waals surface area contributed by atoms with Crippen LogP contribution in [0.5, 0.6) is 5.88 Å². The first-order valence-corrected chi connectivity index (χ1v) is 6.52. The Morgan fingerprint density at radius 1 is 1.25 bits per heavy atom. The molecule has 0 saturated heterocycles. The van der Waals surface area contributed by atoms with Crippen LogP contribution in [-0.4, -0.2) is 24.1 Å². The predicted molar refractivity (Wildman–Crippen MR) is 62.7 cm³/mol. The molecule has 1 aromatic carbocycles. The van der Waals surface area contributed by atoms with E-state index in [2.05, 4.69) is 9.28 Å². The van der Waals surface area contributed by atoms with Gasteiger partial charge < -0.3 is 4.18 Å². The minimum Gasteiger partial charge on any atom is -0.353 e. The maximum atomic E-state index is 12.2. The van der Waals surface area contributed by atoms with Gasteiger partial charge in [-0.1, -0.05) is 11.6 Å². The third kappa shape index (κ3) is 2.46. The number of hydrogen-bond donors (Lipinski definition) is 1. The van der Waals surface area contributed by atoms with Crippen LogP contribution in [0.25, 0.3) is 10.8 Å². The second-order valence-corrected chi connectivity index (χ2v) is 5.43. The van der Waals surface area contributed by atoms with Gasteiger partial charge in [0.05, 0.1) is 10.8 Å². The van der Waals surface area contributed by atoms with Crippen LogP contribution in [0.1, 0.15) is 5.56 Å². The molecule has 2 rings (SSSR count). The molecule has 0 aliphatic carbocycles. The molecule has 0 aliphatic rings. The summed E-state index contributed by atoms with van der Waals surface area (Å²) < 4.78 is 62.6. The van der Waals surface area contributed by atoms with Gasteiger partial charge in [-0.2, -0.15) is 21.6 Å². The van der Waals surface area contributed by atoms with E-state index in [1.165, 1.54) is 18.2 Å².